The van der Waals surface area contributed by atoms with Crippen molar-refractivity contribution in [2.75, 3.05) is 7.11 Å². The fraction of sp³-hybridized carbons (Fsp3) is 0.125. The van der Waals surface area contributed by atoms with Gasteiger partial charge < -0.3 is 15.5 Å². The fourth-order valence-electron chi connectivity index (χ4n) is 2.31. The Morgan fingerprint density at radius 3 is 2.86 bits per heavy atom. The SMILES string of the molecule is COC(=O)c1cncc(-c2ccc3[nH]c(CN)cc3c2)c1. The molecule has 0 aliphatic rings. The van der Waals surface area contributed by atoms with Crippen LogP contribution in [-0.4, -0.2) is 23.0 Å². The molecule has 0 radical (unpaired) electrons. The van der Waals surface area contributed by atoms with Gasteiger partial charge in [-0.2, -0.15) is 0 Å². The number of nitrogens with zero attached hydrogens (tertiary/aromatic N) is 1. The van der Waals surface area contributed by atoms with E-state index in [2.05, 4.69) is 9.97 Å². The number of carbonyl (C=O) groups is 1. The summed E-state index contributed by atoms with van der Waals surface area (Å²) in [6.45, 7) is 0.476. The third-order valence-corrected chi connectivity index (χ3v) is 3.39. The van der Waals surface area contributed by atoms with Gasteiger partial charge in [0.25, 0.3) is 0 Å². The smallest absolute Gasteiger partial charge is 0.339 e. The minimum atomic E-state index is -0.391. The average Bonchev–Trinajstić information content (AvgIpc) is 2.96. The van der Waals surface area contributed by atoms with Crippen LogP contribution in [0, 0.1) is 0 Å². The third-order valence-electron chi connectivity index (χ3n) is 3.39. The number of aromatic amines is 1. The van der Waals surface area contributed by atoms with E-state index in [0.29, 0.717) is 12.1 Å². The first-order valence-corrected chi connectivity index (χ1v) is 6.56. The number of rotatable bonds is 3. The predicted octanol–water partition coefficient (Wildman–Crippen LogP) is 2.48. The standard InChI is InChI=1S/C16H15N3O2/c1-21-16(20)13-5-12(8-18-9-13)10-2-3-15-11(4-10)6-14(7-17)19-15/h2-6,8-9,19H,7,17H2,1H3. The van der Waals surface area contributed by atoms with Gasteiger partial charge in [-0.05, 0) is 29.8 Å². The number of nitrogens with two attached hydrogens (primary N) is 1. The van der Waals surface area contributed by atoms with Crippen molar-refractivity contribution in [2.24, 2.45) is 5.73 Å². The van der Waals surface area contributed by atoms with E-state index < -0.39 is 5.97 Å². The Morgan fingerprint density at radius 2 is 2.10 bits per heavy atom. The van der Waals surface area contributed by atoms with Crippen molar-refractivity contribution in [1.82, 2.24) is 9.97 Å². The molecular formula is C16H15N3O2. The average molecular weight is 281 g/mol. The Bertz CT molecular complexity index is 808. The van der Waals surface area contributed by atoms with E-state index in [4.69, 9.17) is 10.5 Å². The van der Waals surface area contributed by atoms with Crippen molar-refractivity contribution in [1.29, 1.82) is 0 Å². The minimum Gasteiger partial charge on any atom is -0.465 e. The Kier molecular flexibility index (Phi) is 3.41. The first kappa shape index (κ1) is 13.3. The number of aromatic nitrogens is 2. The lowest BCUT2D eigenvalue weighted by Gasteiger charge is -2.04. The monoisotopic (exact) mass is 281 g/mol. The Hall–Kier alpha value is -2.66. The summed E-state index contributed by atoms with van der Waals surface area (Å²) in [5, 5.41) is 1.08. The van der Waals surface area contributed by atoms with Crippen LogP contribution in [0.3, 0.4) is 0 Å². The quantitative estimate of drug-likeness (QED) is 0.723. The number of methoxy groups -OCH3 is 1. The predicted molar refractivity (Wildman–Crippen MR) is 80.8 cm³/mol. The number of nitrogens with one attached hydrogen (secondary N) is 1. The van der Waals surface area contributed by atoms with Crippen molar-refractivity contribution in [2.45, 2.75) is 6.54 Å². The molecular weight excluding hydrogens is 266 g/mol. The molecule has 0 unspecified atom stereocenters. The fourth-order valence-corrected chi connectivity index (χ4v) is 2.31. The van der Waals surface area contributed by atoms with E-state index in [1.165, 1.54) is 13.3 Å². The van der Waals surface area contributed by atoms with E-state index >= 15 is 0 Å². The lowest BCUT2D eigenvalue weighted by atomic mass is 10.0. The first-order valence-electron chi connectivity index (χ1n) is 6.56. The van der Waals surface area contributed by atoms with Gasteiger partial charge in [-0.3, -0.25) is 4.98 Å². The highest BCUT2D eigenvalue weighted by Crippen LogP contribution is 2.25. The van der Waals surface area contributed by atoms with Gasteiger partial charge in [0, 0.05) is 41.1 Å². The molecule has 5 heteroatoms. The van der Waals surface area contributed by atoms with Gasteiger partial charge in [-0.25, -0.2) is 4.79 Å². The first-order chi connectivity index (χ1) is 10.2. The molecule has 3 rings (SSSR count). The van der Waals surface area contributed by atoms with Gasteiger partial charge in [0.2, 0.25) is 0 Å². The zero-order chi connectivity index (χ0) is 14.8. The van der Waals surface area contributed by atoms with Crippen molar-refractivity contribution < 1.29 is 9.53 Å². The minimum absolute atomic E-state index is 0.391. The Labute approximate surface area is 121 Å². The molecule has 0 saturated heterocycles. The lowest BCUT2D eigenvalue weighted by molar-refractivity contribution is 0.0600. The van der Waals surface area contributed by atoms with E-state index in [1.54, 1.807) is 12.3 Å². The summed E-state index contributed by atoms with van der Waals surface area (Å²) in [6, 6.07) is 9.82. The van der Waals surface area contributed by atoms with Crippen LogP contribution >= 0.6 is 0 Å². The second-order valence-electron chi connectivity index (χ2n) is 4.75. The zero-order valence-electron chi connectivity index (χ0n) is 11.6. The van der Waals surface area contributed by atoms with Crippen LogP contribution < -0.4 is 5.73 Å². The number of carbonyl (C=O) groups excluding carboxylic acids is 1. The summed E-state index contributed by atoms with van der Waals surface area (Å²) < 4.78 is 4.72. The maximum absolute atomic E-state index is 11.6. The number of hydrogen-bond acceptors (Lipinski definition) is 4. The molecule has 3 N–H and O–H groups in total. The van der Waals surface area contributed by atoms with E-state index in [-0.39, 0.29) is 0 Å². The van der Waals surface area contributed by atoms with E-state index in [0.717, 1.165) is 27.7 Å². The molecule has 106 valence electrons. The maximum Gasteiger partial charge on any atom is 0.339 e. The van der Waals surface area contributed by atoms with Gasteiger partial charge in [0.15, 0.2) is 0 Å². The number of ether oxygens (including phenoxy) is 1. The van der Waals surface area contributed by atoms with Crippen LogP contribution in [0.5, 0.6) is 0 Å². The third kappa shape index (κ3) is 2.51. The van der Waals surface area contributed by atoms with Crippen molar-refractivity contribution in [3.63, 3.8) is 0 Å². The van der Waals surface area contributed by atoms with Crippen LogP contribution in [0.4, 0.5) is 0 Å². The number of H-pyrrole nitrogens is 1. The highest BCUT2D eigenvalue weighted by Gasteiger charge is 2.08. The Balaban J connectivity index is 2.05. The second-order valence-corrected chi connectivity index (χ2v) is 4.75. The summed E-state index contributed by atoms with van der Waals surface area (Å²) in [6.07, 6.45) is 3.22. The number of esters is 1. The van der Waals surface area contributed by atoms with Gasteiger partial charge in [-0.1, -0.05) is 6.07 Å². The van der Waals surface area contributed by atoms with E-state index in [9.17, 15) is 4.79 Å². The van der Waals surface area contributed by atoms with Gasteiger partial charge in [0.1, 0.15) is 0 Å². The molecule has 0 atom stereocenters. The molecule has 2 heterocycles. The van der Waals surface area contributed by atoms with Crippen molar-refractivity contribution in [3.8, 4) is 11.1 Å². The summed E-state index contributed by atoms with van der Waals surface area (Å²) in [4.78, 5) is 18.9. The molecule has 0 aliphatic carbocycles. The molecule has 3 aromatic rings. The molecule has 0 bridgehead atoms. The van der Waals surface area contributed by atoms with Crippen LogP contribution in [0.25, 0.3) is 22.0 Å². The second kappa shape index (κ2) is 5.38. The molecule has 0 amide bonds. The van der Waals surface area contributed by atoms with Crippen molar-refractivity contribution in [3.05, 3.63) is 54.0 Å². The number of hydrogen-bond donors (Lipinski definition) is 2. The van der Waals surface area contributed by atoms with Gasteiger partial charge >= 0.3 is 5.97 Å². The molecule has 2 aromatic heterocycles. The molecule has 0 spiro atoms. The van der Waals surface area contributed by atoms with Crippen LogP contribution in [0.1, 0.15) is 16.1 Å². The van der Waals surface area contributed by atoms with E-state index in [1.807, 2.05) is 24.3 Å². The highest BCUT2D eigenvalue weighted by atomic mass is 16.5. The summed E-state index contributed by atoms with van der Waals surface area (Å²) in [5.74, 6) is -0.391. The molecule has 1 aromatic carbocycles. The zero-order valence-corrected chi connectivity index (χ0v) is 11.6. The largest absolute Gasteiger partial charge is 0.465 e. The highest BCUT2D eigenvalue weighted by molar-refractivity contribution is 5.91. The molecule has 21 heavy (non-hydrogen) atoms. The molecule has 5 nitrogen and oxygen atoms in total. The van der Waals surface area contributed by atoms with Gasteiger partial charge in [0.05, 0.1) is 12.7 Å². The molecule has 0 aliphatic heterocycles. The summed E-state index contributed by atoms with van der Waals surface area (Å²) >= 11 is 0. The van der Waals surface area contributed by atoms with Crippen molar-refractivity contribution >= 4 is 16.9 Å². The van der Waals surface area contributed by atoms with Crippen LogP contribution in [-0.2, 0) is 11.3 Å². The normalized spacial score (nSPS) is 10.8. The maximum atomic E-state index is 11.6. The lowest BCUT2D eigenvalue weighted by Crippen LogP contribution is -2.01. The number of pyridine rings is 1. The number of benzene rings is 1. The molecule has 0 fully saturated rings. The topological polar surface area (TPSA) is 81.0 Å². The summed E-state index contributed by atoms with van der Waals surface area (Å²) in [5.41, 5.74) is 9.96. The number of fused-ring (bicyclic) bond motifs is 1. The van der Waals surface area contributed by atoms with Crippen LogP contribution in [0.15, 0.2) is 42.7 Å². The Morgan fingerprint density at radius 1 is 1.24 bits per heavy atom. The van der Waals surface area contributed by atoms with Crippen LogP contribution in [0.2, 0.25) is 0 Å². The summed E-state index contributed by atoms with van der Waals surface area (Å²) in [7, 11) is 1.36. The van der Waals surface area contributed by atoms with Gasteiger partial charge in [-0.15, -0.1) is 0 Å². The molecule has 0 saturated carbocycles.